The van der Waals surface area contributed by atoms with Crippen molar-refractivity contribution in [2.45, 2.75) is 13.0 Å². The average molecular weight is 248 g/mol. The molecule has 0 bridgehead atoms. The average Bonchev–Trinajstić information content (AvgIpc) is 2.36. The summed E-state index contributed by atoms with van der Waals surface area (Å²) in [5.74, 6) is -0.651. The lowest BCUT2D eigenvalue weighted by molar-refractivity contribution is 0.0909. The Balaban J connectivity index is 2.39. The van der Waals surface area contributed by atoms with Crippen molar-refractivity contribution >= 4 is 0 Å². The smallest absolute Gasteiger partial charge is 0.123 e. The van der Waals surface area contributed by atoms with Crippen molar-refractivity contribution in [3.8, 4) is 0 Å². The summed E-state index contributed by atoms with van der Waals surface area (Å²) in [5, 5.41) is 0. The van der Waals surface area contributed by atoms with E-state index in [1.54, 1.807) is 24.3 Å². The van der Waals surface area contributed by atoms with Gasteiger partial charge in [-0.05, 0) is 42.3 Å². The lowest BCUT2D eigenvalue weighted by atomic mass is 10.0. The molecule has 0 unspecified atom stereocenters. The minimum Gasteiger partial charge on any atom is -0.369 e. The second-order valence-corrected chi connectivity index (χ2v) is 3.95. The van der Waals surface area contributed by atoms with Crippen LogP contribution < -0.4 is 0 Å². The minimum absolute atomic E-state index is 0.325. The second-order valence-electron chi connectivity index (χ2n) is 3.95. The molecule has 2 aromatic carbocycles. The van der Waals surface area contributed by atoms with Crippen LogP contribution >= 0.6 is 0 Å². The zero-order chi connectivity index (χ0) is 13.0. The fourth-order valence-corrected chi connectivity index (χ4v) is 1.89. The first-order valence-corrected chi connectivity index (χ1v) is 5.83. The van der Waals surface area contributed by atoms with Crippen LogP contribution in [0.15, 0.2) is 48.5 Å². The Kier molecular flexibility index (Phi) is 4.05. The molecule has 2 aromatic rings. The SMILES string of the molecule is CCOC(c1cccc(F)c1)c1cccc(F)c1. The lowest BCUT2D eigenvalue weighted by Crippen LogP contribution is -2.06. The number of benzene rings is 2. The molecule has 0 fully saturated rings. The molecule has 0 aliphatic heterocycles. The summed E-state index contributed by atoms with van der Waals surface area (Å²) in [6, 6.07) is 12.3. The van der Waals surface area contributed by atoms with E-state index in [1.807, 2.05) is 6.92 Å². The van der Waals surface area contributed by atoms with Crippen LogP contribution in [0.25, 0.3) is 0 Å². The normalized spacial score (nSPS) is 10.9. The van der Waals surface area contributed by atoms with Gasteiger partial charge in [0.25, 0.3) is 0 Å². The second kappa shape index (κ2) is 5.74. The minimum atomic E-state index is -0.443. The van der Waals surface area contributed by atoms with Gasteiger partial charge in [0, 0.05) is 6.61 Å². The van der Waals surface area contributed by atoms with E-state index in [9.17, 15) is 8.78 Å². The van der Waals surface area contributed by atoms with Gasteiger partial charge in [0.05, 0.1) is 0 Å². The van der Waals surface area contributed by atoms with Crippen molar-refractivity contribution in [1.82, 2.24) is 0 Å². The molecule has 0 aliphatic rings. The predicted molar refractivity (Wildman–Crippen MR) is 66.3 cm³/mol. The molecule has 0 N–H and O–H groups in total. The van der Waals surface area contributed by atoms with Gasteiger partial charge in [0.1, 0.15) is 17.7 Å². The molecule has 18 heavy (non-hydrogen) atoms. The molecule has 94 valence electrons. The van der Waals surface area contributed by atoms with E-state index in [0.29, 0.717) is 17.7 Å². The summed E-state index contributed by atoms with van der Waals surface area (Å²) < 4.78 is 32.1. The van der Waals surface area contributed by atoms with Gasteiger partial charge in [-0.1, -0.05) is 24.3 Å². The molecule has 0 saturated carbocycles. The number of rotatable bonds is 4. The molecule has 3 heteroatoms. The summed E-state index contributed by atoms with van der Waals surface area (Å²) in [7, 11) is 0. The van der Waals surface area contributed by atoms with Crippen molar-refractivity contribution in [2.75, 3.05) is 6.61 Å². The van der Waals surface area contributed by atoms with Crippen molar-refractivity contribution in [2.24, 2.45) is 0 Å². The standard InChI is InChI=1S/C15H14F2O/c1-2-18-15(11-5-3-7-13(16)9-11)12-6-4-8-14(17)10-12/h3-10,15H,2H2,1H3. The highest BCUT2D eigenvalue weighted by Gasteiger charge is 2.15. The Morgan fingerprint density at radius 3 is 1.83 bits per heavy atom. The third-order valence-corrected chi connectivity index (χ3v) is 2.64. The van der Waals surface area contributed by atoms with Gasteiger partial charge in [0.2, 0.25) is 0 Å². The molecule has 0 spiro atoms. The van der Waals surface area contributed by atoms with E-state index >= 15 is 0 Å². The summed E-state index contributed by atoms with van der Waals surface area (Å²) in [6.07, 6.45) is -0.443. The van der Waals surface area contributed by atoms with E-state index in [-0.39, 0.29) is 11.6 Å². The molecule has 0 atom stereocenters. The first kappa shape index (κ1) is 12.7. The monoisotopic (exact) mass is 248 g/mol. The topological polar surface area (TPSA) is 9.23 Å². The molecular weight excluding hydrogens is 234 g/mol. The van der Waals surface area contributed by atoms with E-state index in [4.69, 9.17) is 4.74 Å². The van der Waals surface area contributed by atoms with Gasteiger partial charge in [-0.15, -0.1) is 0 Å². The fourth-order valence-electron chi connectivity index (χ4n) is 1.89. The van der Waals surface area contributed by atoms with Crippen molar-refractivity contribution in [3.05, 3.63) is 71.3 Å². The Labute approximate surface area is 105 Å². The molecule has 0 radical (unpaired) electrons. The Morgan fingerprint density at radius 1 is 0.944 bits per heavy atom. The van der Waals surface area contributed by atoms with Crippen LogP contribution in [0.3, 0.4) is 0 Å². The zero-order valence-corrected chi connectivity index (χ0v) is 10.1. The fraction of sp³-hybridized carbons (Fsp3) is 0.200. The van der Waals surface area contributed by atoms with E-state index in [2.05, 4.69) is 0 Å². The number of hydrogen-bond donors (Lipinski definition) is 0. The van der Waals surface area contributed by atoms with E-state index in [0.717, 1.165) is 0 Å². The molecule has 2 rings (SSSR count). The molecule has 1 nitrogen and oxygen atoms in total. The maximum Gasteiger partial charge on any atom is 0.123 e. The maximum atomic E-state index is 13.2. The Hall–Kier alpha value is -1.74. The summed E-state index contributed by atoms with van der Waals surface area (Å²) >= 11 is 0. The predicted octanol–water partition coefficient (Wildman–Crippen LogP) is 4.09. The highest BCUT2D eigenvalue weighted by molar-refractivity contribution is 5.30. The largest absolute Gasteiger partial charge is 0.369 e. The summed E-state index contributed by atoms with van der Waals surface area (Å²) in [6.45, 7) is 2.32. The van der Waals surface area contributed by atoms with Crippen LogP contribution in [0.2, 0.25) is 0 Å². The van der Waals surface area contributed by atoms with Crippen molar-refractivity contribution < 1.29 is 13.5 Å². The summed E-state index contributed by atoms with van der Waals surface area (Å²) in [4.78, 5) is 0. The van der Waals surface area contributed by atoms with Crippen molar-refractivity contribution in [1.29, 1.82) is 0 Å². The van der Waals surface area contributed by atoms with E-state index in [1.165, 1.54) is 24.3 Å². The number of hydrogen-bond acceptors (Lipinski definition) is 1. The number of ether oxygens (including phenoxy) is 1. The highest BCUT2D eigenvalue weighted by atomic mass is 19.1. The Bertz CT molecular complexity index is 480. The first-order valence-electron chi connectivity index (χ1n) is 5.83. The summed E-state index contributed by atoms with van der Waals surface area (Å²) in [5.41, 5.74) is 1.37. The molecule has 0 aromatic heterocycles. The van der Waals surface area contributed by atoms with Gasteiger partial charge >= 0.3 is 0 Å². The molecule has 0 amide bonds. The van der Waals surface area contributed by atoms with Gasteiger partial charge < -0.3 is 4.74 Å². The molecule has 0 heterocycles. The van der Waals surface area contributed by atoms with Crippen molar-refractivity contribution in [3.63, 3.8) is 0 Å². The first-order chi connectivity index (χ1) is 8.70. The quantitative estimate of drug-likeness (QED) is 0.791. The van der Waals surface area contributed by atoms with Crippen LogP contribution in [-0.2, 0) is 4.74 Å². The zero-order valence-electron chi connectivity index (χ0n) is 10.1. The van der Waals surface area contributed by atoms with Gasteiger partial charge in [-0.2, -0.15) is 0 Å². The van der Waals surface area contributed by atoms with Crippen LogP contribution in [0, 0.1) is 11.6 Å². The van der Waals surface area contributed by atoms with E-state index < -0.39 is 6.10 Å². The Morgan fingerprint density at radius 2 is 1.44 bits per heavy atom. The lowest BCUT2D eigenvalue weighted by Gasteiger charge is -2.18. The molecular formula is C15H14F2O. The number of halogens is 2. The highest BCUT2D eigenvalue weighted by Crippen LogP contribution is 2.26. The third-order valence-electron chi connectivity index (χ3n) is 2.64. The van der Waals surface area contributed by atoms with Gasteiger partial charge in [0.15, 0.2) is 0 Å². The van der Waals surface area contributed by atoms with Crippen LogP contribution in [0.5, 0.6) is 0 Å². The molecule has 0 aliphatic carbocycles. The van der Waals surface area contributed by atoms with Crippen LogP contribution in [-0.4, -0.2) is 6.61 Å². The van der Waals surface area contributed by atoms with Crippen LogP contribution in [0.1, 0.15) is 24.2 Å². The van der Waals surface area contributed by atoms with Crippen LogP contribution in [0.4, 0.5) is 8.78 Å². The van der Waals surface area contributed by atoms with Gasteiger partial charge in [-0.3, -0.25) is 0 Å². The maximum absolute atomic E-state index is 13.2. The van der Waals surface area contributed by atoms with Gasteiger partial charge in [-0.25, -0.2) is 8.78 Å². The molecule has 0 saturated heterocycles. The third kappa shape index (κ3) is 2.93.